The maximum atomic E-state index is 15.1. The van der Waals surface area contributed by atoms with Crippen molar-refractivity contribution in [1.82, 2.24) is 0 Å². The van der Waals surface area contributed by atoms with Gasteiger partial charge in [-0.3, -0.25) is 0 Å². The van der Waals surface area contributed by atoms with Crippen LogP contribution in [0.15, 0.2) is 54.7 Å². The molecule has 29 heavy (non-hydrogen) atoms. The number of halogens is 4. The summed E-state index contributed by atoms with van der Waals surface area (Å²) in [6.45, 7) is 5.78. The minimum atomic E-state index is -1.98. The Morgan fingerprint density at radius 2 is 1.83 bits per heavy atom. The van der Waals surface area contributed by atoms with Gasteiger partial charge in [-0.2, -0.15) is 0 Å². The van der Waals surface area contributed by atoms with Crippen LogP contribution in [0.25, 0.3) is 0 Å². The highest BCUT2D eigenvalue weighted by Gasteiger charge is 2.43. The summed E-state index contributed by atoms with van der Waals surface area (Å²) in [5.41, 5.74) is -0.276. The molecule has 2 aliphatic rings. The molecule has 1 aromatic rings. The van der Waals surface area contributed by atoms with E-state index in [0.29, 0.717) is 5.92 Å². The van der Waals surface area contributed by atoms with Gasteiger partial charge < -0.3 is 9.47 Å². The van der Waals surface area contributed by atoms with Crippen molar-refractivity contribution in [2.24, 2.45) is 11.8 Å². The summed E-state index contributed by atoms with van der Waals surface area (Å²) in [5, 5.41) is 0. The largest absolute Gasteiger partial charge is 0.341 e. The van der Waals surface area contributed by atoms with Gasteiger partial charge in [-0.05, 0) is 56.6 Å². The molecule has 2 unspecified atom stereocenters. The number of rotatable bonds is 7. The van der Waals surface area contributed by atoms with Crippen LogP contribution in [0.5, 0.6) is 0 Å². The highest BCUT2D eigenvalue weighted by atomic mass is 19.2. The second kappa shape index (κ2) is 9.26. The molecule has 0 radical (unpaired) electrons. The Morgan fingerprint density at radius 3 is 2.48 bits per heavy atom. The first-order valence-corrected chi connectivity index (χ1v) is 10.0. The SMILES string of the molecule is C=CC1CCC(COC2(OCC)C=CC(c3cccc(F)c3F)C(F)=C2F)CC1. The molecule has 3 rings (SSSR count). The van der Waals surface area contributed by atoms with Crippen LogP contribution < -0.4 is 0 Å². The topological polar surface area (TPSA) is 18.5 Å². The second-order valence-corrected chi connectivity index (χ2v) is 7.57. The highest BCUT2D eigenvalue weighted by molar-refractivity contribution is 5.40. The monoisotopic (exact) mass is 410 g/mol. The molecule has 1 aromatic carbocycles. The summed E-state index contributed by atoms with van der Waals surface area (Å²) in [4.78, 5) is 0. The first-order valence-electron chi connectivity index (χ1n) is 10.0. The number of benzene rings is 1. The van der Waals surface area contributed by atoms with Crippen LogP contribution in [-0.2, 0) is 9.47 Å². The fraction of sp³-hybridized carbons (Fsp3) is 0.478. The van der Waals surface area contributed by atoms with Crippen LogP contribution in [0, 0.1) is 23.5 Å². The maximum Gasteiger partial charge on any atom is 0.245 e. The fourth-order valence-electron chi connectivity index (χ4n) is 4.00. The lowest BCUT2D eigenvalue weighted by Crippen LogP contribution is -2.39. The third-order valence-electron chi connectivity index (χ3n) is 5.73. The molecule has 158 valence electrons. The predicted octanol–water partition coefficient (Wildman–Crippen LogP) is 6.51. The maximum absolute atomic E-state index is 15.1. The number of ether oxygens (including phenoxy) is 2. The summed E-state index contributed by atoms with van der Waals surface area (Å²) < 4.78 is 68.8. The Labute approximate surface area is 168 Å². The van der Waals surface area contributed by atoms with Gasteiger partial charge in [0.15, 0.2) is 17.5 Å². The summed E-state index contributed by atoms with van der Waals surface area (Å²) in [6.07, 6.45) is 8.28. The van der Waals surface area contributed by atoms with Crippen LogP contribution in [0.1, 0.15) is 44.1 Å². The van der Waals surface area contributed by atoms with Gasteiger partial charge in [0.25, 0.3) is 0 Å². The van der Waals surface area contributed by atoms with Gasteiger partial charge in [-0.15, -0.1) is 6.58 Å². The zero-order valence-corrected chi connectivity index (χ0v) is 16.5. The third-order valence-corrected chi connectivity index (χ3v) is 5.73. The van der Waals surface area contributed by atoms with E-state index < -0.39 is 35.0 Å². The van der Waals surface area contributed by atoms with E-state index in [1.165, 1.54) is 24.3 Å². The van der Waals surface area contributed by atoms with Crippen LogP contribution in [0.3, 0.4) is 0 Å². The van der Waals surface area contributed by atoms with Gasteiger partial charge in [0.1, 0.15) is 5.83 Å². The van der Waals surface area contributed by atoms with Crippen molar-refractivity contribution >= 4 is 0 Å². The zero-order valence-electron chi connectivity index (χ0n) is 16.5. The number of hydrogen-bond donors (Lipinski definition) is 0. The van der Waals surface area contributed by atoms with E-state index in [1.807, 2.05) is 6.08 Å². The summed E-state index contributed by atoms with van der Waals surface area (Å²) in [6, 6.07) is 3.41. The molecule has 2 atom stereocenters. The first kappa shape index (κ1) is 21.8. The molecule has 0 aromatic heterocycles. The molecule has 0 aliphatic heterocycles. The van der Waals surface area contributed by atoms with E-state index in [-0.39, 0.29) is 24.7 Å². The molecule has 0 heterocycles. The van der Waals surface area contributed by atoms with E-state index >= 15 is 4.39 Å². The van der Waals surface area contributed by atoms with Crippen LogP contribution in [0.2, 0.25) is 0 Å². The van der Waals surface area contributed by atoms with Crippen molar-refractivity contribution in [3.05, 3.63) is 71.9 Å². The van der Waals surface area contributed by atoms with Crippen molar-refractivity contribution in [2.75, 3.05) is 13.2 Å². The predicted molar refractivity (Wildman–Crippen MR) is 103 cm³/mol. The van der Waals surface area contributed by atoms with Crippen molar-refractivity contribution in [2.45, 2.75) is 44.3 Å². The van der Waals surface area contributed by atoms with Gasteiger partial charge in [0.05, 0.1) is 12.5 Å². The molecule has 1 fully saturated rings. The van der Waals surface area contributed by atoms with Crippen molar-refractivity contribution in [3.63, 3.8) is 0 Å². The van der Waals surface area contributed by atoms with Gasteiger partial charge in [0, 0.05) is 12.2 Å². The quantitative estimate of drug-likeness (QED) is 0.290. The lowest BCUT2D eigenvalue weighted by atomic mass is 9.82. The Kier molecular flexibility index (Phi) is 6.96. The molecular weight excluding hydrogens is 384 g/mol. The van der Waals surface area contributed by atoms with Crippen molar-refractivity contribution < 1.29 is 27.0 Å². The Morgan fingerprint density at radius 1 is 1.10 bits per heavy atom. The van der Waals surface area contributed by atoms with Crippen molar-refractivity contribution in [1.29, 1.82) is 0 Å². The molecule has 1 saturated carbocycles. The second-order valence-electron chi connectivity index (χ2n) is 7.57. The normalized spacial score (nSPS) is 29.9. The Bertz CT molecular complexity index is 796. The lowest BCUT2D eigenvalue weighted by Gasteiger charge is -2.35. The molecule has 0 amide bonds. The molecule has 2 nitrogen and oxygen atoms in total. The number of allylic oxidation sites excluding steroid dienone is 3. The average Bonchev–Trinajstić information content (AvgIpc) is 2.73. The summed E-state index contributed by atoms with van der Waals surface area (Å²) in [5.74, 6) is -7.45. The first-order chi connectivity index (χ1) is 13.9. The molecule has 2 aliphatic carbocycles. The Hall–Kier alpha value is -1.92. The molecule has 0 N–H and O–H groups in total. The van der Waals surface area contributed by atoms with Crippen LogP contribution in [-0.4, -0.2) is 19.0 Å². The van der Waals surface area contributed by atoms with Crippen LogP contribution in [0.4, 0.5) is 17.6 Å². The van der Waals surface area contributed by atoms with E-state index in [9.17, 15) is 13.2 Å². The molecule has 0 saturated heterocycles. The van der Waals surface area contributed by atoms with Crippen molar-refractivity contribution in [3.8, 4) is 0 Å². The third kappa shape index (κ3) is 4.48. The summed E-state index contributed by atoms with van der Waals surface area (Å²) >= 11 is 0. The standard InChI is InChI=1S/C23H26F4O2/c1-3-15-8-10-16(11-9-15)14-29-23(28-4-2)13-12-18(21(26)22(23)27)17-6-5-7-19(24)20(17)25/h3,5-7,12-13,15-16,18H,1,4,8-11,14H2,2H3. The molecule has 6 heteroatoms. The minimum Gasteiger partial charge on any atom is -0.341 e. The summed E-state index contributed by atoms with van der Waals surface area (Å²) in [7, 11) is 0. The lowest BCUT2D eigenvalue weighted by molar-refractivity contribution is -0.197. The van der Waals surface area contributed by atoms with Gasteiger partial charge in [-0.1, -0.05) is 24.3 Å². The fourth-order valence-corrected chi connectivity index (χ4v) is 4.00. The average molecular weight is 410 g/mol. The van der Waals surface area contributed by atoms with Gasteiger partial charge >= 0.3 is 0 Å². The molecular formula is C23H26F4O2. The van der Waals surface area contributed by atoms with Gasteiger partial charge in [0.2, 0.25) is 5.79 Å². The van der Waals surface area contributed by atoms with E-state index in [2.05, 4.69) is 6.58 Å². The molecule has 0 spiro atoms. The van der Waals surface area contributed by atoms with Crippen LogP contribution >= 0.6 is 0 Å². The highest BCUT2D eigenvalue weighted by Crippen LogP contribution is 2.43. The van der Waals surface area contributed by atoms with E-state index in [1.54, 1.807) is 6.92 Å². The smallest absolute Gasteiger partial charge is 0.245 e. The molecule has 0 bridgehead atoms. The van der Waals surface area contributed by atoms with Gasteiger partial charge in [-0.25, -0.2) is 17.6 Å². The van der Waals surface area contributed by atoms with E-state index in [0.717, 1.165) is 31.7 Å². The zero-order chi connectivity index (χ0) is 21.0. The Balaban J connectivity index is 1.79. The van der Waals surface area contributed by atoms with E-state index in [4.69, 9.17) is 9.47 Å². The number of hydrogen-bond acceptors (Lipinski definition) is 2. The minimum absolute atomic E-state index is 0.0905.